The lowest BCUT2D eigenvalue weighted by Crippen LogP contribution is -2.47. The van der Waals surface area contributed by atoms with Crippen LogP contribution in [0, 0.1) is 16.0 Å². The Morgan fingerprint density at radius 1 is 1.10 bits per heavy atom. The molecule has 2 aliphatic rings. The van der Waals surface area contributed by atoms with Crippen LogP contribution in [0.25, 0.3) is 6.08 Å². The molecule has 7 heteroatoms. The zero-order valence-electron chi connectivity index (χ0n) is 16.9. The first-order chi connectivity index (χ1) is 14.6. The molecule has 0 spiro atoms. The minimum absolute atomic E-state index is 0.0237. The van der Waals surface area contributed by atoms with E-state index in [0.717, 1.165) is 37.8 Å². The van der Waals surface area contributed by atoms with E-state index in [0.29, 0.717) is 11.3 Å². The Kier molecular flexibility index (Phi) is 6.09. The van der Waals surface area contributed by atoms with Crippen molar-refractivity contribution in [1.82, 2.24) is 4.90 Å². The van der Waals surface area contributed by atoms with Gasteiger partial charge in [-0.3, -0.25) is 19.8 Å². The molecule has 2 fully saturated rings. The van der Waals surface area contributed by atoms with Crippen molar-refractivity contribution in [3.63, 3.8) is 0 Å². The number of amides is 1. The van der Waals surface area contributed by atoms with Gasteiger partial charge >= 0.3 is 0 Å². The Labute approximate surface area is 176 Å². The van der Waals surface area contributed by atoms with Crippen molar-refractivity contribution in [3.05, 3.63) is 70.3 Å². The van der Waals surface area contributed by atoms with Gasteiger partial charge in [-0.15, -0.1) is 0 Å². The Morgan fingerprint density at radius 2 is 1.87 bits per heavy atom. The highest BCUT2D eigenvalue weighted by Crippen LogP contribution is 2.30. The van der Waals surface area contributed by atoms with Crippen molar-refractivity contribution in [2.75, 3.05) is 42.9 Å². The highest BCUT2D eigenvalue weighted by atomic mass is 16.6. The Bertz CT molecular complexity index is 947. The normalized spacial score (nSPS) is 17.3. The van der Waals surface area contributed by atoms with Crippen molar-refractivity contribution in [3.8, 4) is 0 Å². The lowest BCUT2D eigenvalue weighted by atomic mass is 10.1. The summed E-state index contributed by atoms with van der Waals surface area (Å²) in [6.07, 6.45) is 5.56. The molecule has 2 aromatic rings. The second-order valence-corrected chi connectivity index (χ2v) is 7.92. The molecule has 1 saturated heterocycles. The molecule has 30 heavy (non-hydrogen) atoms. The molecule has 1 saturated carbocycles. The summed E-state index contributed by atoms with van der Waals surface area (Å²) in [7, 11) is 0. The zero-order chi connectivity index (χ0) is 20.9. The molecule has 1 aliphatic carbocycles. The summed E-state index contributed by atoms with van der Waals surface area (Å²) in [5.41, 5.74) is 2.19. The van der Waals surface area contributed by atoms with E-state index < -0.39 is 4.92 Å². The number of rotatable bonds is 7. The largest absolute Gasteiger partial charge is 0.369 e. The molecule has 1 aliphatic heterocycles. The fourth-order valence-electron chi connectivity index (χ4n) is 3.78. The smallest absolute Gasteiger partial charge is 0.276 e. The van der Waals surface area contributed by atoms with Gasteiger partial charge < -0.3 is 10.2 Å². The van der Waals surface area contributed by atoms with Crippen molar-refractivity contribution in [2.45, 2.75) is 12.8 Å². The molecule has 156 valence electrons. The SMILES string of the molecule is O=C(/C=C/c1ccccc1[N+](=O)[O-])Nc1cccc(N2CCN(CC3CC3)CC2)c1. The molecule has 0 bridgehead atoms. The van der Waals surface area contributed by atoms with E-state index in [2.05, 4.69) is 21.2 Å². The average molecular weight is 406 g/mol. The van der Waals surface area contributed by atoms with Crippen LogP contribution in [0.1, 0.15) is 18.4 Å². The first-order valence-electron chi connectivity index (χ1n) is 10.4. The highest BCUT2D eigenvalue weighted by molar-refractivity contribution is 6.02. The quantitative estimate of drug-likeness (QED) is 0.430. The van der Waals surface area contributed by atoms with Gasteiger partial charge in [0.2, 0.25) is 5.91 Å². The van der Waals surface area contributed by atoms with Gasteiger partial charge in [-0.05, 0) is 49.1 Å². The number of carbonyl (C=O) groups is 1. The Hall–Kier alpha value is -3.19. The molecule has 4 rings (SSSR count). The maximum absolute atomic E-state index is 12.3. The standard InChI is InChI=1S/C23H26N4O3/c28-23(11-10-19-4-1-2-7-22(19)27(29)30)24-20-5-3-6-21(16-20)26-14-12-25(13-15-26)17-18-8-9-18/h1-7,10-11,16,18H,8-9,12-15,17H2,(H,24,28)/b11-10+. The fraction of sp³-hybridized carbons (Fsp3) is 0.348. The van der Waals surface area contributed by atoms with Gasteiger partial charge in [0.25, 0.3) is 5.69 Å². The third-order valence-corrected chi connectivity index (χ3v) is 5.61. The minimum atomic E-state index is -0.453. The second-order valence-electron chi connectivity index (χ2n) is 7.92. The van der Waals surface area contributed by atoms with Crippen LogP contribution >= 0.6 is 0 Å². The van der Waals surface area contributed by atoms with Gasteiger partial charge in [0, 0.05) is 56.2 Å². The van der Waals surface area contributed by atoms with Crippen LogP contribution in [0.15, 0.2) is 54.6 Å². The molecular formula is C23H26N4O3. The first kappa shape index (κ1) is 20.1. The van der Waals surface area contributed by atoms with E-state index in [1.165, 1.54) is 37.6 Å². The molecule has 0 radical (unpaired) electrons. The van der Waals surface area contributed by atoms with Crippen molar-refractivity contribution in [2.24, 2.45) is 5.92 Å². The Morgan fingerprint density at radius 3 is 2.60 bits per heavy atom. The predicted octanol–water partition coefficient (Wildman–Crippen LogP) is 3.78. The van der Waals surface area contributed by atoms with Crippen LogP contribution in [0.3, 0.4) is 0 Å². The van der Waals surface area contributed by atoms with Gasteiger partial charge in [0.15, 0.2) is 0 Å². The summed E-state index contributed by atoms with van der Waals surface area (Å²) in [4.78, 5) is 27.8. The molecule has 1 N–H and O–H groups in total. The summed E-state index contributed by atoms with van der Waals surface area (Å²) in [6, 6.07) is 14.2. The van der Waals surface area contributed by atoms with E-state index >= 15 is 0 Å². The third-order valence-electron chi connectivity index (χ3n) is 5.61. The number of anilines is 2. The van der Waals surface area contributed by atoms with Gasteiger partial charge in [0.05, 0.1) is 10.5 Å². The predicted molar refractivity (Wildman–Crippen MR) is 119 cm³/mol. The molecule has 0 atom stereocenters. The van der Waals surface area contributed by atoms with E-state index in [4.69, 9.17) is 0 Å². The molecule has 7 nitrogen and oxygen atoms in total. The van der Waals surface area contributed by atoms with Crippen LogP contribution in [0.4, 0.5) is 17.1 Å². The fourth-order valence-corrected chi connectivity index (χ4v) is 3.78. The second kappa shape index (κ2) is 9.09. The number of para-hydroxylation sites is 1. The average Bonchev–Trinajstić information content (AvgIpc) is 3.57. The van der Waals surface area contributed by atoms with Crippen molar-refractivity contribution >= 4 is 29.0 Å². The number of nitro benzene ring substituents is 1. The summed E-state index contributed by atoms with van der Waals surface area (Å²) in [6.45, 7) is 5.36. The highest BCUT2D eigenvalue weighted by Gasteiger charge is 2.26. The number of hydrogen-bond acceptors (Lipinski definition) is 5. The molecule has 0 aromatic heterocycles. The number of carbonyl (C=O) groups excluding carboxylic acids is 1. The molecule has 0 unspecified atom stereocenters. The van der Waals surface area contributed by atoms with Crippen LogP contribution in [0.5, 0.6) is 0 Å². The topological polar surface area (TPSA) is 78.7 Å². The number of nitro groups is 1. The summed E-state index contributed by atoms with van der Waals surface area (Å²) < 4.78 is 0. The summed E-state index contributed by atoms with van der Waals surface area (Å²) in [5.74, 6) is 0.597. The Balaban J connectivity index is 1.35. The van der Waals surface area contributed by atoms with Gasteiger partial charge in [-0.1, -0.05) is 18.2 Å². The lowest BCUT2D eigenvalue weighted by molar-refractivity contribution is -0.385. The van der Waals surface area contributed by atoms with Crippen LogP contribution in [-0.4, -0.2) is 48.5 Å². The third kappa shape index (κ3) is 5.24. The number of nitrogens with one attached hydrogen (secondary N) is 1. The number of piperazine rings is 1. The minimum Gasteiger partial charge on any atom is -0.369 e. The van der Waals surface area contributed by atoms with E-state index in [1.54, 1.807) is 18.2 Å². The van der Waals surface area contributed by atoms with Crippen LogP contribution in [-0.2, 0) is 4.79 Å². The van der Waals surface area contributed by atoms with E-state index in [-0.39, 0.29) is 11.6 Å². The maximum Gasteiger partial charge on any atom is 0.276 e. The number of benzene rings is 2. The molecule has 2 aromatic carbocycles. The number of nitrogens with zero attached hydrogens (tertiary/aromatic N) is 3. The monoisotopic (exact) mass is 406 g/mol. The molecule has 1 heterocycles. The maximum atomic E-state index is 12.3. The van der Waals surface area contributed by atoms with Crippen molar-refractivity contribution in [1.29, 1.82) is 0 Å². The van der Waals surface area contributed by atoms with Crippen LogP contribution in [0.2, 0.25) is 0 Å². The lowest BCUT2D eigenvalue weighted by Gasteiger charge is -2.36. The molecule has 1 amide bonds. The zero-order valence-corrected chi connectivity index (χ0v) is 16.9. The van der Waals surface area contributed by atoms with E-state index in [9.17, 15) is 14.9 Å². The van der Waals surface area contributed by atoms with Crippen LogP contribution < -0.4 is 10.2 Å². The van der Waals surface area contributed by atoms with Gasteiger partial charge in [-0.25, -0.2) is 0 Å². The first-order valence-corrected chi connectivity index (χ1v) is 10.4. The summed E-state index contributed by atoms with van der Waals surface area (Å²) >= 11 is 0. The number of hydrogen-bond donors (Lipinski definition) is 1. The molecular weight excluding hydrogens is 380 g/mol. The summed E-state index contributed by atoms with van der Waals surface area (Å²) in [5, 5.41) is 13.9. The van der Waals surface area contributed by atoms with E-state index in [1.807, 2.05) is 18.2 Å². The van der Waals surface area contributed by atoms with Crippen molar-refractivity contribution < 1.29 is 9.72 Å². The van der Waals surface area contributed by atoms with Gasteiger partial charge in [0.1, 0.15) is 0 Å². The van der Waals surface area contributed by atoms with Gasteiger partial charge in [-0.2, -0.15) is 0 Å².